The van der Waals surface area contributed by atoms with Gasteiger partial charge in [0.1, 0.15) is 0 Å². The van der Waals surface area contributed by atoms with Crippen molar-refractivity contribution in [2.75, 3.05) is 39.6 Å². The van der Waals surface area contributed by atoms with Gasteiger partial charge in [-0.05, 0) is 168 Å². The van der Waals surface area contributed by atoms with Crippen molar-refractivity contribution in [3.05, 3.63) is 24.3 Å². The van der Waals surface area contributed by atoms with E-state index < -0.39 is 23.6 Å². The molecule has 1 saturated heterocycles. The first-order valence-electron chi connectivity index (χ1n) is 21.3. The maximum atomic E-state index is 6.02. The highest BCUT2D eigenvalue weighted by molar-refractivity contribution is 9.11. The molecule has 11 atom stereocenters. The second-order valence-corrected chi connectivity index (χ2v) is 35.3. The Balaban J connectivity index is 0.000000161. The zero-order valence-corrected chi connectivity index (χ0v) is 41.4. The van der Waals surface area contributed by atoms with Crippen LogP contribution in [0.2, 0.25) is 18.1 Å². The number of rotatable bonds is 21. The van der Waals surface area contributed by atoms with E-state index in [0.29, 0.717) is 39.6 Å². The summed E-state index contributed by atoms with van der Waals surface area (Å²) in [4.78, 5) is 0. The summed E-state index contributed by atoms with van der Waals surface area (Å²) < 4.78 is 35.8. The average molecular weight is 921 g/mol. The Hall–Kier alpha value is 1.81. The highest BCUT2D eigenvalue weighted by Gasteiger charge is 2.56. The van der Waals surface area contributed by atoms with Gasteiger partial charge < -0.3 is 26.6 Å². The highest BCUT2D eigenvalue weighted by Crippen LogP contribution is 2.67. The third-order valence-corrected chi connectivity index (χ3v) is 26.8. The predicted octanol–water partition coefficient (Wildman–Crippen LogP) is 12.7. The molecule has 0 N–H and O–H groups in total. The Bertz CT molecular complexity index is 1160. The number of fused-ring (bicyclic) bond motifs is 9. The summed E-state index contributed by atoms with van der Waals surface area (Å²) in [5.41, 5.74) is 0. The molecule has 11 unspecified atom stereocenters. The monoisotopic (exact) mass is 918 g/mol. The van der Waals surface area contributed by atoms with Crippen LogP contribution < -0.4 is 0 Å². The molecule has 1 heterocycles. The SMILES string of the molecule is CCO[Si](CCC1CC2C=CC1C2)(OCC)OCC.CCO[Si](CCC1CC2CC1C1SSSC21)(OCC)OCC.Cl[Si](Cl)(Cl)CCC1CC2C=CC1C2. The van der Waals surface area contributed by atoms with E-state index in [0.717, 1.165) is 88.3 Å². The van der Waals surface area contributed by atoms with Crippen LogP contribution in [0, 0.1) is 53.3 Å². The molecule has 7 rings (SSSR count). The van der Waals surface area contributed by atoms with Gasteiger partial charge >= 0.3 is 23.6 Å². The molecule has 6 aliphatic carbocycles. The van der Waals surface area contributed by atoms with Crippen LogP contribution in [-0.4, -0.2) is 73.8 Å². The number of allylic oxidation sites excluding steroid dienone is 4. The fourth-order valence-corrected chi connectivity index (χ4v) is 24.6. The van der Waals surface area contributed by atoms with Gasteiger partial charge in [-0.1, -0.05) is 45.9 Å². The molecule has 0 amide bonds. The van der Waals surface area contributed by atoms with Gasteiger partial charge in [-0.25, -0.2) is 0 Å². The van der Waals surface area contributed by atoms with Gasteiger partial charge in [0.05, 0.1) is 0 Å². The Morgan fingerprint density at radius 2 is 0.926 bits per heavy atom. The van der Waals surface area contributed by atoms with E-state index in [1.807, 2.05) is 51.4 Å². The van der Waals surface area contributed by atoms with Gasteiger partial charge in [-0.15, -0.1) is 33.2 Å². The number of hydrogen-bond acceptors (Lipinski definition) is 9. The molecule has 6 bridgehead atoms. The summed E-state index contributed by atoms with van der Waals surface area (Å²) in [7, 11) is 1.46. The third kappa shape index (κ3) is 12.9. The van der Waals surface area contributed by atoms with Gasteiger partial charge in [0.25, 0.3) is 0 Å². The van der Waals surface area contributed by atoms with Gasteiger partial charge in [-0.3, -0.25) is 0 Å². The lowest BCUT2D eigenvalue weighted by molar-refractivity contribution is 0.0682. The lowest BCUT2D eigenvalue weighted by atomic mass is 9.86. The first kappa shape index (κ1) is 46.9. The van der Waals surface area contributed by atoms with Crippen LogP contribution >= 0.6 is 64.7 Å². The maximum Gasteiger partial charge on any atom is 0.500 e. The molecular weight excluding hydrogens is 851 g/mol. The van der Waals surface area contributed by atoms with Crippen LogP contribution in [-0.2, 0) is 26.6 Å². The summed E-state index contributed by atoms with van der Waals surface area (Å²) >= 11 is 17.6. The largest absolute Gasteiger partial charge is 0.500 e. The van der Waals surface area contributed by atoms with Crippen LogP contribution in [0.15, 0.2) is 24.3 Å². The summed E-state index contributed by atoms with van der Waals surface area (Å²) in [6.45, 7) is 16.3. The molecular formula is C39H69Cl3O6S3Si3. The van der Waals surface area contributed by atoms with Crippen molar-refractivity contribution in [2.24, 2.45) is 53.3 Å². The first-order chi connectivity index (χ1) is 26.0. The van der Waals surface area contributed by atoms with Crippen molar-refractivity contribution in [1.29, 1.82) is 0 Å². The third-order valence-electron chi connectivity index (χ3n) is 12.8. The zero-order valence-electron chi connectivity index (χ0n) is 33.7. The molecule has 15 heteroatoms. The van der Waals surface area contributed by atoms with Crippen molar-refractivity contribution in [2.45, 2.75) is 128 Å². The Kier molecular flexibility index (Phi) is 19.6. The van der Waals surface area contributed by atoms with E-state index in [9.17, 15) is 0 Å². The van der Waals surface area contributed by atoms with Crippen LogP contribution in [0.4, 0.5) is 0 Å². The minimum atomic E-state index is -2.44. The van der Waals surface area contributed by atoms with Gasteiger partial charge in [0.15, 0.2) is 0 Å². The minimum absolute atomic E-state index is 0.683. The van der Waals surface area contributed by atoms with Crippen LogP contribution in [0.25, 0.3) is 0 Å². The van der Waals surface area contributed by atoms with E-state index in [1.165, 1.54) is 51.4 Å². The van der Waals surface area contributed by atoms with Crippen LogP contribution in [0.3, 0.4) is 0 Å². The van der Waals surface area contributed by atoms with Crippen molar-refractivity contribution in [1.82, 2.24) is 0 Å². The molecule has 54 heavy (non-hydrogen) atoms. The topological polar surface area (TPSA) is 55.4 Å². The highest BCUT2D eigenvalue weighted by atomic mass is 35.8. The molecule has 0 aromatic heterocycles. The van der Waals surface area contributed by atoms with Crippen molar-refractivity contribution < 1.29 is 26.6 Å². The Morgan fingerprint density at radius 3 is 1.31 bits per heavy atom. The number of halogens is 3. The molecule has 7 aliphatic rings. The fourth-order valence-electron chi connectivity index (χ4n) is 10.6. The van der Waals surface area contributed by atoms with Crippen molar-refractivity contribution in [3.63, 3.8) is 0 Å². The zero-order chi connectivity index (χ0) is 38.8. The van der Waals surface area contributed by atoms with Crippen molar-refractivity contribution in [3.8, 4) is 0 Å². The second-order valence-electron chi connectivity index (χ2n) is 16.1. The summed E-state index contributed by atoms with van der Waals surface area (Å²) in [5, 5.41) is 1.84. The normalized spacial score (nSPS) is 34.4. The van der Waals surface area contributed by atoms with E-state index in [-0.39, 0.29) is 0 Å². The van der Waals surface area contributed by atoms with E-state index in [1.54, 1.807) is 0 Å². The first-order valence-corrected chi connectivity index (χ1v) is 34.0. The average Bonchev–Trinajstić information content (AvgIpc) is 4.00. The molecule has 1 aliphatic heterocycles. The molecule has 0 radical (unpaired) electrons. The lowest BCUT2D eigenvalue weighted by Crippen LogP contribution is -2.46. The quantitative estimate of drug-likeness (QED) is 0.0485. The van der Waals surface area contributed by atoms with E-state index >= 15 is 0 Å². The van der Waals surface area contributed by atoms with Gasteiger partial charge in [0.2, 0.25) is 0 Å². The lowest BCUT2D eigenvalue weighted by Gasteiger charge is -2.33. The van der Waals surface area contributed by atoms with E-state index in [4.69, 9.17) is 59.8 Å². The summed E-state index contributed by atoms with van der Waals surface area (Å²) in [6, 6.07) is 0.448. The molecule has 0 spiro atoms. The molecule has 4 saturated carbocycles. The predicted molar refractivity (Wildman–Crippen MR) is 241 cm³/mol. The molecule has 312 valence electrons. The van der Waals surface area contributed by atoms with Crippen molar-refractivity contribution >= 4 is 88.3 Å². The molecule has 5 fully saturated rings. The number of hydrogen-bond donors (Lipinski definition) is 0. The smallest absolute Gasteiger partial charge is 0.374 e. The minimum Gasteiger partial charge on any atom is -0.374 e. The second kappa shape index (κ2) is 22.6. The molecule has 0 aromatic rings. The fraction of sp³-hybridized carbons (Fsp3) is 0.897. The van der Waals surface area contributed by atoms with Crippen LogP contribution in [0.5, 0.6) is 0 Å². The van der Waals surface area contributed by atoms with Gasteiger partial charge in [0, 0.05) is 62.2 Å². The summed E-state index contributed by atoms with van der Waals surface area (Å²) in [6.07, 6.45) is 21.4. The Labute approximate surface area is 357 Å². The Morgan fingerprint density at radius 1 is 0.500 bits per heavy atom. The van der Waals surface area contributed by atoms with Crippen LogP contribution in [0.1, 0.15) is 99.3 Å². The van der Waals surface area contributed by atoms with E-state index in [2.05, 4.69) is 45.9 Å². The maximum absolute atomic E-state index is 6.02. The van der Waals surface area contributed by atoms with Gasteiger partial charge in [-0.2, -0.15) is 0 Å². The summed E-state index contributed by atoms with van der Waals surface area (Å²) in [5.74, 6) is 7.68. The molecule has 6 nitrogen and oxygen atoms in total. The standard InChI is InChI=1S/C15H28O3S3Si.C15H28O3Si.C9H13Cl3Si/c1-4-16-22(17-5-2,18-6-3)8-7-11-9-12-10-13(11)15-14(12)19-21-20-15;1-4-16-19(17-5-2,18-6-3)10-9-15-12-13-7-8-14(15)11-13;10-13(11,12)4-3-9-6-7-1-2-8(9)5-7/h11-15H,4-10H2,1-3H3;7-8,13-15H,4-6,9-12H2,1-3H3;1-2,7-9H,3-6H2. The molecule has 0 aromatic carbocycles.